The van der Waals surface area contributed by atoms with E-state index < -0.39 is 0 Å². The van der Waals surface area contributed by atoms with E-state index in [4.69, 9.17) is 9.97 Å². The fourth-order valence-electron chi connectivity index (χ4n) is 3.91. The molecule has 4 rings (SSSR count). The first-order chi connectivity index (χ1) is 13.0. The zero-order valence-electron chi connectivity index (χ0n) is 16.4. The van der Waals surface area contributed by atoms with Gasteiger partial charge < -0.3 is 10.6 Å². The summed E-state index contributed by atoms with van der Waals surface area (Å²) in [4.78, 5) is 9.50. The number of aromatic nitrogens is 4. The first kappa shape index (κ1) is 17.8. The van der Waals surface area contributed by atoms with Crippen molar-refractivity contribution in [1.29, 1.82) is 0 Å². The van der Waals surface area contributed by atoms with Crippen molar-refractivity contribution < 1.29 is 0 Å². The maximum atomic E-state index is 4.80. The van der Waals surface area contributed by atoms with Crippen molar-refractivity contribution in [2.45, 2.75) is 51.0 Å². The van der Waals surface area contributed by atoms with E-state index in [-0.39, 0.29) is 5.54 Å². The maximum Gasteiger partial charge on any atom is 0.226 e. The van der Waals surface area contributed by atoms with E-state index in [9.17, 15) is 0 Å². The van der Waals surface area contributed by atoms with Crippen LogP contribution in [-0.4, -0.2) is 31.8 Å². The molecule has 0 aliphatic heterocycles. The minimum Gasteiger partial charge on any atom is -0.364 e. The van der Waals surface area contributed by atoms with Gasteiger partial charge in [-0.2, -0.15) is 15.1 Å². The Morgan fingerprint density at radius 2 is 1.89 bits per heavy atom. The molecule has 3 aromatic rings. The van der Waals surface area contributed by atoms with Crippen molar-refractivity contribution in [1.82, 2.24) is 19.7 Å². The van der Waals surface area contributed by atoms with Gasteiger partial charge in [-0.15, -0.1) is 0 Å². The van der Waals surface area contributed by atoms with Gasteiger partial charge >= 0.3 is 0 Å². The van der Waals surface area contributed by atoms with Gasteiger partial charge in [0.1, 0.15) is 5.82 Å². The summed E-state index contributed by atoms with van der Waals surface area (Å²) in [7, 11) is 1.92. The van der Waals surface area contributed by atoms with Crippen LogP contribution in [0.5, 0.6) is 0 Å². The fourth-order valence-corrected chi connectivity index (χ4v) is 3.91. The molecule has 6 heteroatoms. The predicted octanol–water partition coefficient (Wildman–Crippen LogP) is 4.32. The van der Waals surface area contributed by atoms with Gasteiger partial charge in [0.15, 0.2) is 5.65 Å². The molecule has 1 aliphatic carbocycles. The van der Waals surface area contributed by atoms with Gasteiger partial charge in [0.05, 0.1) is 11.6 Å². The number of aryl methyl sites for hydroxylation is 1. The Bertz CT molecular complexity index is 911. The molecule has 1 atom stereocenters. The molecule has 1 aromatic carbocycles. The van der Waals surface area contributed by atoms with Gasteiger partial charge in [0.2, 0.25) is 5.95 Å². The number of nitrogens with zero attached hydrogens (tertiary/aromatic N) is 4. The van der Waals surface area contributed by atoms with Crippen LogP contribution >= 0.6 is 0 Å². The van der Waals surface area contributed by atoms with Crippen LogP contribution in [0.4, 0.5) is 11.8 Å². The van der Waals surface area contributed by atoms with Crippen LogP contribution in [0.15, 0.2) is 36.5 Å². The molecule has 1 saturated carbocycles. The van der Waals surface area contributed by atoms with E-state index in [1.807, 2.05) is 24.0 Å². The van der Waals surface area contributed by atoms with E-state index >= 15 is 0 Å². The van der Waals surface area contributed by atoms with E-state index in [0.29, 0.717) is 11.9 Å². The largest absolute Gasteiger partial charge is 0.364 e. The fraction of sp³-hybridized carbons (Fsp3) is 0.476. The van der Waals surface area contributed by atoms with Crippen LogP contribution in [0, 0.1) is 0 Å². The third kappa shape index (κ3) is 3.75. The molecule has 2 heterocycles. The van der Waals surface area contributed by atoms with Crippen LogP contribution < -0.4 is 10.6 Å². The molecule has 1 unspecified atom stereocenters. The number of anilines is 2. The second kappa shape index (κ2) is 7.18. The van der Waals surface area contributed by atoms with Crippen LogP contribution in [0.25, 0.3) is 11.0 Å². The van der Waals surface area contributed by atoms with E-state index in [1.165, 1.54) is 31.2 Å². The summed E-state index contributed by atoms with van der Waals surface area (Å²) in [6, 6.07) is 10.5. The highest BCUT2D eigenvalue weighted by molar-refractivity contribution is 5.87. The third-order valence-corrected chi connectivity index (χ3v) is 5.65. The molecule has 0 saturated heterocycles. The molecule has 0 radical (unpaired) electrons. The molecular formula is C21H28N6. The zero-order valence-corrected chi connectivity index (χ0v) is 16.4. The summed E-state index contributed by atoms with van der Waals surface area (Å²) in [5.74, 6) is 1.91. The van der Waals surface area contributed by atoms with Gasteiger partial charge in [0, 0.05) is 19.1 Å². The van der Waals surface area contributed by atoms with Gasteiger partial charge in [-0.05, 0) is 31.2 Å². The molecule has 1 fully saturated rings. The molecule has 27 heavy (non-hydrogen) atoms. The van der Waals surface area contributed by atoms with Crippen molar-refractivity contribution in [3.05, 3.63) is 42.1 Å². The Morgan fingerprint density at radius 1 is 1.15 bits per heavy atom. The molecule has 142 valence electrons. The Hall–Kier alpha value is -2.63. The normalized spacial score (nSPS) is 17.1. The number of rotatable bonds is 6. The highest BCUT2D eigenvalue weighted by Crippen LogP contribution is 2.34. The SMILES string of the molecule is CC(CNc1nc(NC2(C)CCCC2)c2cnn(C)c2n1)c1ccccc1. The smallest absolute Gasteiger partial charge is 0.226 e. The summed E-state index contributed by atoms with van der Waals surface area (Å²) >= 11 is 0. The minimum absolute atomic E-state index is 0.103. The lowest BCUT2D eigenvalue weighted by Crippen LogP contribution is -2.31. The summed E-state index contributed by atoms with van der Waals surface area (Å²) in [5, 5.41) is 12.5. The Balaban J connectivity index is 1.58. The van der Waals surface area contributed by atoms with Crippen molar-refractivity contribution >= 4 is 22.8 Å². The molecular weight excluding hydrogens is 336 g/mol. The quantitative estimate of drug-likeness (QED) is 0.682. The number of fused-ring (bicyclic) bond motifs is 1. The van der Waals surface area contributed by atoms with Crippen molar-refractivity contribution in [2.24, 2.45) is 7.05 Å². The molecule has 0 spiro atoms. The molecule has 0 amide bonds. The number of nitrogens with one attached hydrogen (secondary N) is 2. The number of hydrogen-bond acceptors (Lipinski definition) is 5. The second-order valence-corrected chi connectivity index (χ2v) is 7.99. The lowest BCUT2D eigenvalue weighted by molar-refractivity contribution is 0.532. The predicted molar refractivity (Wildman–Crippen MR) is 110 cm³/mol. The van der Waals surface area contributed by atoms with Crippen LogP contribution in [0.2, 0.25) is 0 Å². The molecule has 0 bridgehead atoms. The van der Waals surface area contributed by atoms with E-state index in [2.05, 4.69) is 53.8 Å². The highest BCUT2D eigenvalue weighted by atomic mass is 15.3. The van der Waals surface area contributed by atoms with Gasteiger partial charge in [0.25, 0.3) is 0 Å². The lowest BCUT2D eigenvalue weighted by atomic mass is 10.0. The molecule has 2 N–H and O–H groups in total. The average Bonchev–Trinajstić information content (AvgIpc) is 3.27. The van der Waals surface area contributed by atoms with Gasteiger partial charge in [-0.1, -0.05) is 50.1 Å². The van der Waals surface area contributed by atoms with Crippen molar-refractivity contribution in [2.75, 3.05) is 17.2 Å². The summed E-state index contributed by atoms with van der Waals surface area (Å²) in [6.45, 7) is 5.28. The summed E-state index contributed by atoms with van der Waals surface area (Å²) < 4.78 is 1.81. The standard InChI is InChI=1S/C21H28N6/c1-15(16-9-5-4-6-10-16)13-22-20-24-18(26-21(2)11-7-8-12-21)17-14-23-27(3)19(17)25-20/h4-6,9-10,14-15H,7-8,11-13H2,1-3H3,(H2,22,24,25,26). The van der Waals surface area contributed by atoms with E-state index in [0.717, 1.165) is 23.4 Å². The Morgan fingerprint density at radius 3 is 2.63 bits per heavy atom. The van der Waals surface area contributed by atoms with Crippen molar-refractivity contribution in [3.63, 3.8) is 0 Å². The topological polar surface area (TPSA) is 67.7 Å². The summed E-state index contributed by atoms with van der Waals surface area (Å²) in [6.07, 6.45) is 6.74. The molecule has 6 nitrogen and oxygen atoms in total. The summed E-state index contributed by atoms with van der Waals surface area (Å²) in [5.41, 5.74) is 2.26. The van der Waals surface area contributed by atoms with E-state index in [1.54, 1.807) is 0 Å². The maximum absolute atomic E-state index is 4.80. The number of hydrogen-bond donors (Lipinski definition) is 2. The Kier molecular flexibility index (Phi) is 4.72. The third-order valence-electron chi connectivity index (χ3n) is 5.65. The first-order valence-electron chi connectivity index (χ1n) is 9.81. The number of benzene rings is 1. The molecule has 2 aromatic heterocycles. The average molecular weight is 364 g/mol. The minimum atomic E-state index is 0.103. The first-order valence-corrected chi connectivity index (χ1v) is 9.81. The lowest BCUT2D eigenvalue weighted by Gasteiger charge is -2.26. The van der Waals surface area contributed by atoms with Crippen LogP contribution in [-0.2, 0) is 7.05 Å². The van der Waals surface area contributed by atoms with Crippen molar-refractivity contribution in [3.8, 4) is 0 Å². The van der Waals surface area contributed by atoms with Crippen LogP contribution in [0.3, 0.4) is 0 Å². The van der Waals surface area contributed by atoms with Crippen LogP contribution in [0.1, 0.15) is 51.0 Å². The second-order valence-electron chi connectivity index (χ2n) is 7.99. The van der Waals surface area contributed by atoms with Gasteiger partial charge in [-0.3, -0.25) is 4.68 Å². The monoisotopic (exact) mass is 364 g/mol. The highest BCUT2D eigenvalue weighted by Gasteiger charge is 2.29. The molecule has 1 aliphatic rings. The Labute approximate surface area is 160 Å². The van der Waals surface area contributed by atoms with Gasteiger partial charge in [-0.25, -0.2) is 0 Å². The zero-order chi connectivity index (χ0) is 18.9.